The Balaban J connectivity index is 0.000000201. The number of carbonyl (C=O) groups is 2. The van der Waals surface area contributed by atoms with Crippen LogP contribution in [0, 0.1) is 27.7 Å². The first-order valence-corrected chi connectivity index (χ1v) is 12.9. The lowest BCUT2D eigenvalue weighted by Gasteiger charge is -2.09. The van der Waals surface area contributed by atoms with Crippen LogP contribution in [0.25, 0.3) is 0 Å². The maximum atomic E-state index is 11.5. The van der Waals surface area contributed by atoms with Crippen molar-refractivity contribution in [2.75, 3.05) is 0 Å². The fourth-order valence-corrected chi connectivity index (χ4v) is 5.87. The molecule has 2 heterocycles. The molecule has 0 unspecified atom stereocenters. The van der Waals surface area contributed by atoms with Crippen LogP contribution in [0.3, 0.4) is 0 Å². The zero-order valence-electron chi connectivity index (χ0n) is 21.2. The minimum Gasteiger partial charge on any atom is -0.294 e. The summed E-state index contributed by atoms with van der Waals surface area (Å²) < 4.78 is 0. The molecule has 184 valence electrons. The largest absolute Gasteiger partial charge is 0.294 e. The number of aromatic nitrogens is 4. The first-order valence-electron chi connectivity index (χ1n) is 11.3. The molecule has 4 aromatic rings. The summed E-state index contributed by atoms with van der Waals surface area (Å²) in [5.41, 5.74) is 5.67. The van der Waals surface area contributed by atoms with Gasteiger partial charge in [-0.15, -0.1) is 0 Å². The van der Waals surface area contributed by atoms with Crippen LogP contribution in [0.4, 0.5) is 0 Å². The lowest BCUT2D eigenvalue weighted by molar-refractivity contribution is 0.100. The van der Waals surface area contributed by atoms with E-state index in [1.54, 1.807) is 74.6 Å². The molecular weight excluding hydrogens is 488 g/mol. The minimum atomic E-state index is 0.112. The van der Waals surface area contributed by atoms with Gasteiger partial charge < -0.3 is 0 Å². The van der Waals surface area contributed by atoms with Crippen molar-refractivity contribution >= 4 is 35.1 Å². The summed E-state index contributed by atoms with van der Waals surface area (Å²) in [6.07, 6.45) is 10.1. The lowest BCUT2D eigenvalue weighted by atomic mass is 10.0. The van der Waals surface area contributed by atoms with E-state index in [1.807, 2.05) is 52.0 Å². The molecule has 0 N–H and O–H groups in total. The van der Waals surface area contributed by atoms with Crippen LogP contribution < -0.4 is 0 Å². The van der Waals surface area contributed by atoms with Crippen molar-refractivity contribution in [3.05, 3.63) is 94.8 Å². The fraction of sp³-hybridized carbons (Fsp3) is 0.214. The van der Waals surface area contributed by atoms with E-state index >= 15 is 0 Å². The number of Topliss-reactive ketones (excluding diaryl/α,β-unsaturated/α-hetero) is 2. The van der Waals surface area contributed by atoms with Crippen molar-refractivity contribution in [3.8, 4) is 0 Å². The molecular formula is C28H28N4O2S2. The Morgan fingerprint density at radius 1 is 0.583 bits per heavy atom. The van der Waals surface area contributed by atoms with Gasteiger partial charge in [-0.25, -0.2) is 9.97 Å². The second-order valence-electron chi connectivity index (χ2n) is 8.27. The number of benzene rings is 2. The summed E-state index contributed by atoms with van der Waals surface area (Å²) >= 11 is 3.10. The van der Waals surface area contributed by atoms with Gasteiger partial charge in [0.15, 0.2) is 11.6 Å². The van der Waals surface area contributed by atoms with Crippen LogP contribution in [0.1, 0.15) is 56.8 Å². The lowest BCUT2D eigenvalue weighted by Crippen LogP contribution is -2.00. The third-order valence-corrected chi connectivity index (χ3v) is 7.02. The molecule has 0 saturated carbocycles. The number of hydrogen-bond acceptors (Lipinski definition) is 8. The highest BCUT2D eigenvalue weighted by molar-refractivity contribution is 7.99. The highest BCUT2D eigenvalue weighted by atomic mass is 32.2. The molecule has 0 spiro atoms. The zero-order chi connectivity index (χ0) is 26.2. The van der Waals surface area contributed by atoms with Crippen molar-refractivity contribution in [1.82, 2.24) is 19.9 Å². The Hall–Kier alpha value is -3.36. The highest BCUT2D eigenvalue weighted by Gasteiger charge is 2.11. The predicted molar refractivity (Wildman–Crippen MR) is 144 cm³/mol. The van der Waals surface area contributed by atoms with Crippen LogP contribution in [0.5, 0.6) is 0 Å². The highest BCUT2D eigenvalue weighted by Crippen LogP contribution is 2.30. The van der Waals surface area contributed by atoms with Gasteiger partial charge in [-0.3, -0.25) is 19.6 Å². The first-order chi connectivity index (χ1) is 17.2. The molecule has 0 fully saturated rings. The summed E-state index contributed by atoms with van der Waals surface area (Å²) in [6.45, 7) is 11.1. The molecule has 0 radical (unpaired) electrons. The second kappa shape index (κ2) is 12.6. The molecule has 0 aliphatic carbocycles. The average molecular weight is 517 g/mol. The van der Waals surface area contributed by atoms with Crippen LogP contribution in [0.15, 0.2) is 81.3 Å². The number of aryl methyl sites for hydroxylation is 4. The van der Waals surface area contributed by atoms with E-state index in [4.69, 9.17) is 0 Å². The van der Waals surface area contributed by atoms with E-state index in [9.17, 15) is 9.59 Å². The Labute approximate surface area is 220 Å². The third-order valence-electron chi connectivity index (χ3n) is 5.24. The van der Waals surface area contributed by atoms with Gasteiger partial charge in [0, 0.05) is 45.7 Å². The van der Waals surface area contributed by atoms with Crippen LogP contribution in [-0.4, -0.2) is 31.5 Å². The number of rotatable bonds is 6. The van der Waals surface area contributed by atoms with Crippen molar-refractivity contribution < 1.29 is 9.59 Å². The van der Waals surface area contributed by atoms with E-state index in [1.165, 1.54) is 0 Å². The van der Waals surface area contributed by atoms with Crippen molar-refractivity contribution in [3.63, 3.8) is 0 Å². The average Bonchev–Trinajstić information content (AvgIpc) is 2.79. The second-order valence-corrected chi connectivity index (χ2v) is 10.5. The first kappa shape index (κ1) is 27.2. The van der Waals surface area contributed by atoms with Crippen LogP contribution in [-0.2, 0) is 0 Å². The molecule has 4 rings (SSSR count). The molecule has 8 heteroatoms. The minimum absolute atomic E-state index is 0.112. The molecule has 0 atom stereocenters. The maximum Gasteiger partial charge on any atom is 0.160 e. The molecule has 0 bridgehead atoms. The van der Waals surface area contributed by atoms with Gasteiger partial charge in [0.25, 0.3) is 0 Å². The molecule has 0 amide bonds. The van der Waals surface area contributed by atoms with E-state index in [2.05, 4.69) is 19.9 Å². The number of nitrogens with zero attached hydrogens (tertiary/aromatic N) is 4. The zero-order valence-corrected chi connectivity index (χ0v) is 22.8. The summed E-state index contributed by atoms with van der Waals surface area (Å²) in [5.74, 6) is 0.224. The predicted octanol–water partition coefficient (Wildman–Crippen LogP) is 6.89. The monoisotopic (exact) mass is 516 g/mol. The fourth-order valence-electron chi connectivity index (χ4n) is 3.99. The van der Waals surface area contributed by atoms with Crippen LogP contribution >= 0.6 is 23.5 Å². The van der Waals surface area contributed by atoms with Crippen molar-refractivity contribution in [2.24, 2.45) is 0 Å². The molecule has 2 aromatic heterocycles. The summed E-state index contributed by atoms with van der Waals surface area (Å²) in [6, 6.07) is 8.07. The molecule has 0 saturated heterocycles. The van der Waals surface area contributed by atoms with E-state index in [-0.39, 0.29) is 11.6 Å². The summed E-state index contributed by atoms with van der Waals surface area (Å²) in [5, 5.41) is 1.71. The van der Waals surface area contributed by atoms with Gasteiger partial charge in [0.2, 0.25) is 0 Å². The van der Waals surface area contributed by atoms with Gasteiger partial charge >= 0.3 is 0 Å². The quantitative estimate of drug-likeness (QED) is 0.256. The summed E-state index contributed by atoms with van der Waals surface area (Å²) in [7, 11) is 0. The van der Waals surface area contributed by atoms with Crippen molar-refractivity contribution in [2.45, 2.75) is 61.4 Å². The van der Waals surface area contributed by atoms with Crippen LogP contribution in [0.2, 0.25) is 0 Å². The molecule has 36 heavy (non-hydrogen) atoms. The Bertz CT molecular complexity index is 1220. The van der Waals surface area contributed by atoms with Gasteiger partial charge in [-0.2, -0.15) is 0 Å². The van der Waals surface area contributed by atoms with Gasteiger partial charge in [0.1, 0.15) is 10.1 Å². The topological polar surface area (TPSA) is 85.7 Å². The smallest absolute Gasteiger partial charge is 0.160 e. The van der Waals surface area contributed by atoms with Gasteiger partial charge in [0.05, 0.1) is 12.4 Å². The number of carbonyl (C=O) groups excluding carboxylic acids is 2. The third kappa shape index (κ3) is 7.32. The summed E-state index contributed by atoms with van der Waals surface area (Å²) in [4.78, 5) is 41.7. The molecule has 2 aromatic carbocycles. The van der Waals surface area contributed by atoms with Gasteiger partial charge in [-0.1, -0.05) is 23.5 Å². The molecule has 6 nitrogen and oxygen atoms in total. The Morgan fingerprint density at radius 2 is 0.917 bits per heavy atom. The normalized spacial score (nSPS) is 10.4. The Morgan fingerprint density at radius 3 is 1.17 bits per heavy atom. The Kier molecular flexibility index (Phi) is 9.50. The molecule has 0 aliphatic rings. The van der Waals surface area contributed by atoms with E-state index < -0.39 is 0 Å². The van der Waals surface area contributed by atoms with E-state index in [0.717, 1.165) is 53.2 Å². The van der Waals surface area contributed by atoms with Gasteiger partial charge in [-0.05, 0) is 88.1 Å². The molecule has 0 aliphatic heterocycles. The number of hydrogen-bond donors (Lipinski definition) is 0. The SMILES string of the molecule is CC(=O)c1c(C)cc(Sc2cnccn2)cc1C.CC(=O)c1c(C)cc(Sc2cnccn2)cc1C. The number of ketones is 2. The standard InChI is InChI=1S/2C14H14N2OS/c2*1-9-6-12(7-10(2)14(9)11(3)17)18-13-8-15-4-5-16-13/h2*4-8H,1-3H3. The van der Waals surface area contributed by atoms with Crippen molar-refractivity contribution in [1.29, 1.82) is 0 Å². The maximum absolute atomic E-state index is 11.5. The van der Waals surface area contributed by atoms with E-state index in [0.29, 0.717) is 0 Å².